The maximum absolute atomic E-state index is 13.4. The molecule has 0 saturated carbocycles. The number of halogens is 2. The smallest absolute Gasteiger partial charge is 0.259 e. The molecule has 1 N–H and O–H groups in total. The first kappa shape index (κ1) is 27.2. The number of nitrogens with zero attached hydrogens (tertiary/aromatic N) is 3. The van der Waals surface area contributed by atoms with E-state index in [1.165, 1.54) is 30.5 Å². The minimum absolute atomic E-state index is 0.0153. The average molecular weight is 582 g/mol. The van der Waals surface area contributed by atoms with Crippen molar-refractivity contribution in [2.45, 2.75) is 15.8 Å². The van der Waals surface area contributed by atoms with E-state index in [0.717, 1.165) is 8.61 Å². The molecule has 0 aliphatic carbocycles. The van der Waals surface area contributed by atoms with Crippen LogP contribution in [0.4, 0.5) is 0 Å². The van der Waals surface area contributed by atoms with Crippen LogP contribution in [0.25, 0.3) is 0 Å². The van der Waals surface area contributed by atoms with E-state index in [9.17, 15) is 21.6 Å². The lowest BCUT2D eigenvalue weighted by molar-refractivity contribution is -0.125. The van der Waals surface area contributed by atoms with Gasteiger partial charge in [-0.2, -0.15) is 13.7 Å². The normalized spacial score (nSPS) is 17.6. The molecule has 1 amide bonds. The lowest BCUT2D eigenvalue weighted by Crippen LogP contribution is -2.60. The van der Waals surface area contributed by atoms with E-state index in [4.69, 9.17) is 23.2 Å². The Bertz CT molecular complexity index is 1500. The lowest BCUT2D eigenvalue weighted by Gasteiger charge is -2.38. The first-order valence-electron chi connectivity index (χ1n) is 11.0. The van der Waals surface area contributed by atoms with Crippen molar-refractivity contribution in [3.63, 3.8) is 0 Å². The van der Waals surface area contributed by atoms with Crippen molar-refractivity contribution in [2.24, 2.45) is 5.10 Å². The zero-order chi connectivity index (χ0) is 26.6. The number of carbonyl (C=O) groups excluding carboxylic acids is 1. The first-order chi connectivity index (χ1) is 17.6. The number of nitrogens with one attached hydrogen (secondary N) is 1. The summed E-state index contributed by atoms with van der Waals surface area (Å²) in [7, 11) is -8.10. The number of carbonyl (C=O) groups is 1. The number of benzene rings is 3. The van der Waals surface area contributed by atoms with Crippen LogP contribution >= 0.6 is 23.2 Å². The van der Waals surface area contributed by atoms with Gasteiger partial charge in [-0.3, -0.25) is 4.79 Å². The van der Waals surface area contributed by atoms with Crippen LogP contribution < -0.4 is 5.43 Å². The molecule has 1 heterocycles. The molecule has 4 rings (SSSR count). The number of rotatable bonds is 7. The van der Waals surface area contributed by atoms with Gasteiger partial charge in [-0.25, -0.2) is 22.3 Å². The van der Waals surface area contributed by atoms with Crippen molar-refractivity contribution < 1.29 is 21.6 Å². The van der Waals surface area contributed by atoms with Crippen molar-refractivity contribution in [3.05, 3.63) is 94.5 Å². The Kier molecular flexibility index (Phi) is 8.32. The molecule has 0 radical (unpaired) electrons. The van der Waals surface area contributed by atoms with Crippen molar-refractivity contribution in [1.29, 1.82) is 0 Å². The Balaban J connectivity index is 1.64. The summed E-state index contributed by atoms with van der Waals surface area (Å²) in [4.78, 5) is 13.3. The lowest BCUT2D eigenvalue weighted by atomic mass is 10.2. The predicted octanol–water partition coefficient (Wildman–Crippen LogP) is 3.21. The molecule has 0 aromatic heterocycles. The molecule has 0 spiro atoms. The van der Waals surface area contributed by atoms with Crippen molar-refractivity contribution in [2.75, 3.05) is 19.6 Å². The van der Waals surface area contributed by atoms with Gasteiger partial charge in [-0.15, -0.1) is 0 Å². The van der Waals surface area contributed by atoms with Crippen molar-refractivity contribution in [1.82, 2.24) is 14.0 Å². The van der Waals surface area contributed by atoms with Gasteiger partial charge in [-0.1, -0.05) is 65.7 Å². The van der Waals surface area contributed by atoms with Crippen molar-refractivity contribution >= 4 is 55.4 Å². The minimum Gasteiger partial charge on any atom is -0.271 e. The largest absolute Gasteiger partial charge is 0.271 e. The fourth-order valence-corrected chi connectivity index (χ4v) is 7.34. The van der Waals surface area contributed by atoms with Gasteiger partial charge in [0.15, 0.2) is 0 Å². The quantitative estimate of drug-likeness (QED) is 0.340. The third kappa shape index (κ3) is 5.87. The number of amides is 1. The number of piperazine rings is 1. The zero-order valence-electron chi connectivity index (χ0n) is 19.2. The maximum Gasteiger partial charge on any atom is 0.259 e. The molecule has 0 bridgehead atoms. The number of hydrogen-bond acceptors (Lipinski definition) is 6. The minimum atomic E-state index is -4.12. The second-order valence-electron chi connectivity index (χ2n) is 7.99. The molecular weight excluding hydrogens is 559 g/mol. The number of sulfonamides is 2. The van der Waals surface area contributed by atoms with Gasteiger partial charge < -0.3 is 0 Å². The number of hydrazone groups is 1. The summed E-state index contributed by atoms with van der Waals surface area (Å²) in [5, 5.41) is 4.49. The summed E-state index contributed by atoms with van der Waals surface area (Å²) < 4.78 is 55.4. The fourth-order valence-electron chi connectivity index (χ4n) is 3.80. The molecular formula is C24H22Cl2N4O5S2. The highest BCUT2D eigenvalue weighted by Crippen LogP contribution is 2.26. The van der Waals surface area contributed by atoms with Gasteiger partial charge in [0, 0.05) is 25.2 Å². The molecule has 37 heavy (non-hydrogen) atoms. The molecule has 13 heteroatoms. The van der Waals surface area contributed by atoms with Gasteiger partial charge in [0.25, 0.3) is 5.91 Å². The second kappa shape index (κ2) is 11.3. The monoisotopic (exact) mass is 580 g/mol. The van der Waals surface area contributed by atoms with Crippen LogP contribution in [0, 0.1) is 0 Å². The maximum atomic E-state index is 13.4. The summed E-state index contributed by atoms with van der Waals surface area (Å²) >= 11 is 12.2. The summed E-state index contributed by atoms with van der Waals surface area (Å²) in [6, 6.07) is 18.8. The van der Waals surface area contributed by atoms with Crippen LogP contribution in [-0.2, 0) is 24.8 Å². The molecule has 1 atom stereocenters. The van der Waals surface area contributed by atoms with Crippen LogP contribution in [0.15, 0.2) is 93.8 Å². The molecule has 9 nitrogen and oxygen atoms in total. The van der Waals surface area contributed by atoms with Crippen LogP contribution in [0.3, 0.4) is 0 Å². The second-order valence-corrected chi connectivity index (χ2v) is 12.6. The van der Waals surface area contributed by atoms with E-state index < -0.39 is 38.5 Å². The molecule has 3 aromatic carbocycles. The third-order valence-electron chi connectivity index (χ3n) is 5.70. The van der Waals surface area contributed by atoms with Crippen LogP contribution in [0.2, 0.25) is 10.0 Å². The van der Waals surface area contributed by atoms with E-state index in [0.29, 0.717) is 15.6 Å². The first-order valence-corrected chi connectivity index (χ1v) is 14.6. The Morgan fingerprint density at radius 2 is 1.35 bits per heavy atom. The topological polar surface area (TPSA) is 116 Å². The van der Waals surface area contributed by atoms with E-state index in [1.807, 2.05) is 0 Å². The molecule has 1 saturated heterocycles. The molecule has 0 unspecified atom stereocenters. The molecule has 1 aliphatic heterocycles. The summed E-state index contributed by atoms with van der Waals surface area (Å²) in [5.74, 6) is -0.813. The molecule has 194 valence electrons. The zero-order valence-corrected chi connectivity index (χ0v) is 22.4. The highest BCUT2D eigenvalue weighted by Gasteiger charge is 2.43. The molecule has 3 aromatic rings. The Morgan fingerprint density at radius 3 is 1.92 bits per heavy atom. The fraction of sp³-hybridized carbons (Fsp3) is 0.167. The van der Waals surface area contributed by atoms with Gasteiger partial charge in [0.1, 0.15) is 6.04 Å². The standard InChI is InChI=1S/C24H22Cl2N4O5S2/c25-21-12-7-13-22(26)20(21)16-27-28-24(31)23-17-29(36(32,33)18-8-3-1-4-9-18)14-15-30(23)37(34,35)19-10-5-2-6-11-19/h1-13,16,23H,14-15,17H2,(H,28,31)/b27-16-/t23-/m0/s1. The van der Waals surface area contributed by atoms with Crippen molar-refractivity contribution in [3.8, 4) is 0 Å². The predicted molar refractivity (Wildman–Crippen MR) is 142 cm³/mol. The summed E-state index contributed by atoms with van der Waals surface area (Å²) in [5.41, 5.74) is 2.66. The molecule has 1 fully saturated rings. The highest BCUT2D eigenvalue weighted by molar-refractivity contribution is 7.89. The highest BCUT2D eigenvalue weighted by atomic mass is 35.5. The van der Waals surface area contributed by atoms with Crippen LogP contribution in [0.1, 0.15) is 5.56 Å². The van der Waals surface area contributed by atoms with Gasteiger partial charge >= 0.3 is 0 Å². The van der Waals surface area contributed by atoms with Gasteiger partial charge in [-0.05, 0) is 36.4 Å². The molecule has 1 aliphatic rings. The van der Waals surface area contributed by atoms with Gasteiger partial charge in [0.05, 0.1) is 26.1 Å². The van der Waals surface area contributed by atoms with E-state index in [2.05, 4.69) is 10.5 Å². The van der Waals surface area contributed by atoms with Crippen LogP contribution in [0.5, 0.6) is 0 Å². The Hall–Kier alpha value is -2.80. The Morgan fingerprint density at radius 1 is 0.811 bits per heavy atom. The van der Waals surface area contributed by atoms with E-state index in [-0.39, 0.29) is 22.9 Å². The van der Waals surface area contributed by atoms with Crippen LogP contribution in [-0.4, -0.2) is 63.2 Å². The Labute approximate surface area is 225 Å². The average Bonchev–Trinajstić information content (AvgIpc) is 2.91. The SMILES string of the molecule is O=C(N/N=C\c1c(Cl)cccc1Cl)[C@@H]1CN(S(=O)(=O)c2ccccc2)CCN1S(=O)(=O)c1ccccc1. The van der Waals surface area contributed by atoms with Gasteiger partial charge in [0.2, 0.25) is 20.0 Å². The van der Waals surface area contributed by atoms with E-state index in [1.54, 1.807) is 54.6 Å². The summed E-state index contributed by atoms with van der Waals surface area (Å²) in [6.07, 6.45) is 1.24. The number of hydrogen-bond donors (Lipinski definition) is 1. The van der Waals surface area contributed by atoms with E-state index >= 15 is 0 Å². The summed E-state index contributed by atoms with van der Waals surface area (Å²) in [6.45, 7) is -0.773. The third-order valence-corrected chi connectivity index (χ3v) is 10.2.